The Bertz CT molecular complexity index is 2810. The number of piperazine rings is 1. The van der Waals surface area contributed by atoms with Crippen LogP contribution < -0.4 is 25.4 Å². The minimum absolute atomic E-state index is 0.0361. The number of fused-ring (bicyclic) bond motifs is 4. The van der Waals surface area contributed by atoms with Gasteiger partial charge in [-0.25, -0.2) is 9.64 Å². The van der Waals surface area contributed by atoms with Crippen LogP contribution in [0.4, 0.5) is 10.5 Å². The van der Waals surface area contributed by atoms with Gasteiger partial charge in [-0.05, 0) is 140 Å². The molecule has 0 aromatic heterocycles. The zero-order valence-corrected chi connectivity index (χ0v) is 46.9. The van der Waals surface area contributed by atoms with Crippen LogP contribution in [0, 0.1) is 17.9 Å². The lowest BCUT2D eigenvalue weighted by atomic mass is 10.0. The van der Waals surface area contributed by atoms with Gasteiger partial charge < -0.3 is 44.7 Å². The van der Waals surface area contributed by atoms with Crippen molar-refractivity contribution in [2.75, 3.05) is 91.9 Å². The number of ketones is 1. The molecule has 19 heteroatoms. The number of carbonyl (C=O) groups excluding carboxylic acids is 4. The predicted octanol–water partition coefficient (Wildman–Crippen LogP) is 8.75. The summed E-state index contributed by atoms with van der Waals surface area (Å²) in [6.07, 6.45) is 8.14. The number of urea groups is 1. The van der Waals surface area contributed by atoms with Crippen LogP contribution in [-0.2, 0) is 40.2 Å². The van der Waals surface area contributed by atoms with E-state index in [-0.39, 0.29) is 47.9 Å². The number of nitrogens with zero attached hydrogens (tertiary/aromatic N) is 6. The van der Waals surface area contributed by atoms with Crippen molar-refractivity contribution in [3.05, 3.63) is 132 Å². The summed E-state index contributed by atoms with van der Waals surface area (Å²) in [7, 11) is 0. The van der Waals surface area contributed by atoms with Crippen LogP contribution in [0.5, 0.6) is 11.5 Å². The molecule has 2 aliphatic carbocycles. The highest BCUT2D eigenvalue weighted by Crippen LogP contribution is 2.46. The third-order valence-corrected chi connectivity index (χ3v) is 16.9. The third-order valence-electron chi connectivity index (χ3n) is 16.5. The summed E-state index contributed by atoms with van der Waals surface area (Å²) in [6.45, 7) is 17.4. The molecule has 2 saturated heterocycles. The molecule has 0 spiro atoms. The summed E-state index contributed by atoms with van der Waals surface area (Å²) >= 11 is 13.0. The van der Waals surface area contributed by atoms with Gasteiger partial charge in [-0.15, -0.1) is 0 Å². The molecule has 80 heavy (non-hydrogen) atoms. The monoisotopic (exact) mass is 1130 g/mol. The summed E-state index contributed by atoms with van der Waals surface area (Å²) in [4.78, 5) is 64.2. The Morgan fingerprint density at radius 3 is 1.89 bits per heavy atom. The van der Waals surface area contributed by atoms with E-state index in [2.05, 4.69) is 36.7 Å². The van der Waals surface area contributed by atoms with E-state index in [1.54, 1.807) is 21.9 Å². The van der Waals surface area contributed by atoms with Crippen molar-refractivity contribution in [1.82, 2.24) is 35.6 Å². The molecular weight excluding hydrogens is 1060 g/mol. The average molecular weight is 1130 g/mol. The number of halogens is 2. The van der Waals surface area contributed by atoms with Crippen molar-refractivity contribution in [2.45, 2.75) is 108 Å². The molecule has 0 radical (unpaired) electrons. The zero-order valence-electron chi connectivity index (χ0n) is 45.4. The molecule has 6 aliphatic rings. The number of piperidine rings is 1. The topological polar surface area (TPSA) is 182 Å². The molecule has 3 N–H and O–H groups in total. The largest absolute Gasteiger partial charge is 0.484 e. The maximum atomic E-state index is 13.5. The van der Waals surface area contributed by atoms with Gasteiger partial charge in [0, 0.05) is 106 Å². The number of likely N-dealkylation sites (tertiary alicyclic amines) is 1. The van der Waals surface area contributed by atoms with Gasteiger partial charge in [0.05, 0.1) is 50.1 Å². The number of amides is 4. The molecule has 4 heterocycles. The zero-order chi connectivity index (χ0) is 55.5. The summed E-state index contributed by atoms with van der Waals surface area (Å²) in [5, 5.41) is 20.0. The van der Waals surface area contributed by atoms with Gasteiger partial charge >= 0.3 is 6.03 Å². The lowest BCUT2D eigenvalue weighted by Crippen LogP contribution is -2.50. The molecule has 4 atom stereocenters. The molecule has 0 unspecified atom stereocenters. The molecular formula is C61H71Cl2N9O8. The molecule has 0 saturated carbocycles. The van der Waals surface area contributed by atoms with E-state index in [0.717, 1.165) is 111 Å². The van der Waals surface area contributed by atoms with Crippen LogP contribution in [0.1, 0.15) is 130 Å². The SMILES string of the molecule is [C-]#[N+]c1cc(Cl)cc2c1C[C@H](N1CCCCC1)[C@H]2Oc1ccc2c(c1)C(=O)N(CCOCCCC(=O)CCCCCNC(=O)NCCOCCN1Cc3ccc(O[C@H]4c5cc(Cl)cc(C#N)c5C[C@@H]4N4CCNCC4)cc3C1=O)C2. The fourth-order valence-corrected chi connectivity index (χ4v) is 12.8. The Morgan fingerprint density at radius 2 is 1.25 bits per heavy atom. The summed E-state index contributed by atoms with van der Waals surface area (Å²) in [5.41, 5.74) is 8.11. The molecule has 4 aromatic rings. The highest BCUT2D eigenvalue weighted by atomic mass is 35.5. The molecule has 0 bridgehead atoms. The van der Waals surface area contributed by atoms with E-state index in [4.69, 9.17) is 48.7 Å². The first-order valence-corrected chi connectivity index (χ1v) is 29.3. The number of carbonyl (C=O) groups is 4. The molecule has 422 valence electrons. The maximum Gasteiger partial charge on any atom is 0.314 e. The molecule has 4 amide bonds. The van der Waals surface area contributed by atoms with Crippen LogP contribution in [0.2, 0.25) is 10.0 Å². The number of hydrogen-bond acceptors (Lipinski definition) is 12. The molecule has 4 aromatic carbocycles. The first-order chi connectivity index (χ1) is 39.0. The van der Waals surface area contributed by atoms with Gasteiger partial charge in [0.25, 0.3) is 11.8 Å². The summed E-state index contributed by atoms with van der Waals surface area (Å²) in [5.74, 6) is 1.27. The van der Waals surface area contributed by atoms with Gasteiger partial charge in [0.1, 0.15) is 29.5 Å². The van der Waals surface area contributed by atoms with Crippen molar-refractivity contribution < 1.29 is 38.1 Å². The highest BCUT2D eigenvalue weighted by molar-refractivity contribution is 6.31. The normalized spacial score (nSPS) is 20.4. The molecule has 17 nitrogen and oxygen atoms in total. The minimum atomic E-state index is -0.339. The van der Waals surface area contributed by atoms with E-state index in [1.807, 2.05) is 48.5 Å². The average Bonchev–Trinajstić information content (AvgIpc) is 4.21. The summed E-state index contributed by atoms with van der Waals surface area (Å²) < 4.78 is 25.1. The maximum absolute atomic E-state index is 13.5. The van der Waals surface area contributed by atoms with Gasteiger partial charge in [0.15, 0.2) is 5.69 Å². The standard InChI is InChI=1S/C61H71Cl2N9O8/c1-65-54-32-44(63)31-53-51(54)36-56(69-19-6-3-7-20-69)58(53)80-47-14-12-40-38-71(59(74)50(40)34-47)23-27-77-25-8-10-45(73)9-4-2-5-15-67-61(76)68-18-26-78-28-24-72-39-41-11-13-46(33-49(41)60(72)75)79-57-52-30-43(62)29-42(37-64)48(52)35-55(57)70-21-16-66-17-22-70/h11-14,29-34,55-58,66H,2-10,15-28,35-36,38-39H2,(H2,67,68,76)/t55-,56-,57-,58-/m0/s1. The van der Waals surface area contributed by atoms with E-state index >= 15 is 0 Å². The molecule has 10 rings (SSSR count). The fraction of sp³-hybridized carbons (Fsp3) is 0.508. The first-order valence-electron chi connectivity index (χ1n) is 28.5. The van der Waals surface area contributed by atoms with Crippen LogP contribution in [0.3, 0.4) is 0 Å². The van der Waals surface area contributed by atoms with Crippen molar-refractivity contribution in [3.63, 3.8) is 0 Å². The molecule has 2 fully saturated rings. The summed E-state index contributed by atoms with van der Waals surface area (Å²) in [6, 6.07) is 20.9. The van der Waals surface area contributed by atoms with Crippen molar-refractivity contribution in [2.24, 2.45) is 0 Å². The number of benzene rings is 4. The van der Waals surface area contributed by atoms with Gasteiger partial charge in [-0.3, -0.25) is 24.2 Å². The number of unbranched alkanes of at least 4 members (excludes halogenated alkanes) is 2. The Kier molecular flexibility index (Phi) is 19.2. The van der Waals surface area contributed by atoms with E-state index in [0.29, 0.717) is 135 Å². The minimum Gasteiger partial charge on any atom is -0.484 e. The number of nitriles is 1. The smallest absolute Gasteiger partial charge is 0.314 e. The van der Waals surface area contributed by atoms with Gasteiger partial charge in [-0.2, -0.15) is 5.26 Å². The second-order valence-corrected chi connectivity index (χ2v) is 22.6. The quantitative estimate of drug-likeness (QED) is 0.0425. The number of nitrogens with one attached hydrogen (secondary N) is 3. The molecule has 4 aliphatic heterocycles. The third kappa shape index (κ3) is 13.5. The Labute approximate surface area is 478 Å². The van der Waals surface area contributed by atoms with Crippen LogP contribution >= 0.6 is 23.2 Å². The number of rotatable bonds is 25. The van der Waals surface area contributed by atoms with Crippen molar-refractivity contribution in [3.8, 4) is 17.6 Å². The van der Waals surface area contributed by atoms with E-state index < -0.39 is 0 Å². The lowest BCUT2D eigenvalue weighted by Gasteiger charge is -2.36. The highest BCUT2D eigenvalue weighted by Gasteiger charge is 2.42. The fourth-order valence-electron chi connectivity index (χ4n) is 12.4. The second kappa shape index (κ2) is 27.0. The first kappa shape index (κ1) is 57.0. The van der Waals surface area contributed by atoms with Crippen molar-refractivity contribution >= 4 is 52.5 Å². The van der Waals surface area contributed by atoms with E-state index in [1.165, 1.54) is 6.42 Å². The predicted molar refractivity (Wildman–Crippen MR) is 304 cm³/mol. The Balaban J connectivity index is 0.553. The van der Waals surface area contributed by atoms with Gasteiger partial charge in [-0.1, -0.05) is 48.2 Å². The number of Topliss-reactive ketones (excluding diaryl/α,β-unsaturated/α-hetero) is 1. The van der Waals surface area contributed by atoms with Crippen LogP contribution in [0.25, 0.3) is 4.85 Å². The van der Waals surface area contributed by atoms with Crippen molar-refractivity contribution in [1.29, 1.82) is 5.26 Å². The Morgan fingerprint density at radius 1 is 0.675 bits per heavy atom. The van der Waals surface area contributed by atoms with Crippen LogP contribution in [0.15, 0.2) is 60.7 Å². The Hall–Kier alpha value is -6.28. The van der Waals surface area contributed by atoms with E-state index in [9.17, 15) is 24.4 Å². The number of ether oxygens (including phenoxy) is 4. The lowest BCUT2D eigenvalue weighted by molar-refractivity contribution is -0.119. The number of hydrogen-bond donors (Lipinski definition) is 3. The van der Waals surface area contributed by atoms with Crippen LogP contribution in [-0.4, -0.2) is 147 Å². The van der Waals surface area contributed by atoms with Gasteiger partial charge in [0.2, 0.25) is 0 Å². The second-order valence-electron chi connectivity index (χ2n) is 21.7.